The highest BCUT2D eigenvalue weighted by Crippen LogP contribution is 2.24. The van der Waals surface area contributed by atoms with Crippen LogP contribution in [0.4, 0.5) is 0 Å². The Bertz CT molecular complexity index is 470. The fourth-order valence-electron chi connectivity index (χ4n) is 1.29. The van der Waals surface area contributed by atoms with Crippen LogP contribution in [-0.4, -0.2) is 28.4 Å². The lowest BCUT2D eigenvalue weighted by Gasteiger charge is -2.11. The second kappa shape index (κ2) is 5.88. The Morgan fingerprint density at radius 2 is 1.94 bits per heavy atom. The first-order valence-electron chi connectivity index (χ1n) is 5.20. The van der Waals surface area contributed by atoms with Crippen molar-refractivity contribution in [2.45, 2.75) is 13.5 Å². The Morgan fingerprint density at radius 3 is 2.47 bits per heavy atom. The normalized spacial score (nSPS) is 11.2. The SMILES string of the molecule is CCS(=O)(=O)NCc1ccc(OC)cc1OC. The molecule has 96 valence electrons. The van der Waals surface area contributed by atoms with Gasteiger partial charge in [0, 0.05) is 18.2 Å². The van der Waals surface area contributed by atoms with Gasteiger partial charge < -0.3 is 9.47 Å². The first kappa shape index (κ1) is 13.8. The third-order valence-electron chi connectivity index (χ3n) is 2.36. The van der Waals surface area contributed by atoms with E-state index in [1.807, 2.05) is 0 Å². The number of ether oxygens (including phenoxy) is 2. The molecule has 1 aromatic carbocycles. The quantitative estimate of drug-likeness (QED) is 0.832. The molecule has 0 bridgehead atoms. The minimum Gasteiger partial charge on any atom is -0.497 e. The van der Waals surface area contributed by atoms with E-state index in [-0.39, 0.29) is 12.3 Å². The van der Waals surface area contributed by atoms with Crippen LogP contribution in [0.5, 0.6) is 11.5 Å². The predicted molar refractivity (Wildman–Crippen MR) is 65.8 cm³/mol. The van der Waals surface area contributed by atoms with Gasteiger partial charge in [-0.25, -0.2) is 13.1 Å². The summed E-state index contributed by atoms with van der Waals surface area (Å²) in [5, 5.41) is 0. The lowest BCUT2D eigenvalue weighted by molar-refractivity contribution is 0.390. The molecule has 17 heavy (non-hydrogen) atoms. The third-order valence-corrected chi connectivity index (χ3v) is 3.70. The van der Waals surface area contributed by atoms with Crippen LogP contribution in [0.1, 0.15) is 12.5 Å². The lowest BCUT2D eigenvalue weighted by atomic mass is 10.2. The van der Waals surface area contributed by atoms with Crippen LogP contribution in [0.3, 0.4) is 0 Å². The number of hydrogen-bond acceptors (Lipinski definition) is 4. The molecule has 1 aromatic rings. The number of nitrogens with one attached hydrogen (secondary N) is 1. The molecular formula is C11H17NO4S. The van der Waals surface area contributed by atoms with Gasteiger partial charge in [0.1, 0.15) is 11.5 Å². The average Bonchev–Trinajstić information content (AvgIpc) is 2.36. The maximum atomic E-state index is 11.3. The van der Waals surface area contributed by atoms with Crippen molar-refractivity contribution in [3.05, 3.63) is 23.8 Å². The van der Waals surface area contributed by atoms with Crippen LogP contribution >= 0.6 is 0 Å². The summed E-state index contributed by atoms with van der Waals surface area (Å²) in [4.78, 5) is 0. The molecule has 0 radical (unpaired) electrons. The van der Waals surface area contributed by atoms with Crippen LogP contribution in [-0.2, 0) is 16.6 Å². The van der Waals surface area contributed by atoms with Crippen molar-refractivity contribution in [2.24, 2.45) is 0 Å². The summed E-state index contributed by atoms with van der Waals surface area (Å²) in [6, 6.07) is 5.25. The fraction of sp³-hybridized carbons (Fsp3) is 0.455. The second-order valence-corrected chi connectivity index (χ2v) is 5.50. The number of hydrogen-bond donors (Lipinski definition) is 1. The van der Waals surface area contributed by atoms with Crippen LogP contribution in [0.2, 0.25) is 0 Å². The molecule has 0 spiro atoms. The van der Waals surface area contributed by atoms with Gasteiger partial charge >= 0.3 is 0 Å². The molecule has 5 nitrogen and oxygen atoms in total. The largest absolute Gasteiger partial charge is 0.497 e. The van der Waals surface area contributed by atoms with Crippen molar-refractivity contribution >= 4 is 10.0 Å². The standard InChI is InChI=1S/C11H17NO4S/c1-4-17(13,14)12-8-9-5-6-10(15-2)7-11(9)16-3/h5-7,12H,4,8H2,1-3H3. The third kappa shape index (κ3) is 3.90. The molecule has 6 heteroatoms. The molecule has 1 N–H and O–H groups in total. The Kier molecular flexibility index (Phi) is 4.77. The second-order valence-electron chi connectivity index (χ2n) is 3.40. The highest BCUT2D eigenvalue weighted by atomic mass is 32.2. The Balaban J connectivity index is 2.84. The number of benzene rings is 1. The van der Waals surface area contributed by atoms with Crippen LogP contribution in [0, 0.1) is 0 Å². The molecule has 0 heterocycles. The van der Waals surface area contributed by atoms with Crippen LogP contribution < -0.4 is 14.2 Å². The maximum absolute atomic E-state index is 11.3. The Morgan fingerprint density at radius 1 is 1.24 bits per heavy atom. The van der Waals surface area contributed by atoms with E-state index in [1.165, 1.54) is 7.11 Å². The van der Waals surface area contributed by atoms with E-state index in [9.17, 15) is 8.42 Å². The molecule has 0 fully saturated rings. The molecule has 0 saturated heterocycles. The van der Waals surface area contributed by atoms with Gasteiger partial charge in [0.15, 0.2) is 0 Å². The summed E-state index contributed by atoms with van der Waals surface area (Å²) >= 11 is 0. The van der Waals surface area contributed by atoms with Crippen molar-refractivity contribution in [1.29, 1.82) is 0 Å². The summed E-state index contributed by atoms with van der Waals surface area (Å²) in [5.41, 5.74) is 0.769. The summed E-state index contributed by atoms with van der Waals surface area (Å²) in [5.74, 6) is 1.33. The maximum Gasteiger partial charge on any atom is 0.211 e. The minimum atomic E-state index is -3.20. The molecule has 0 aliphatic carbocycles. The van der Waals surface area contributed by atoms with Gasteiger partial charge in [0.2, 0.25) is 10.0 Å². The topological polar surface area (TPSA) is 64.6 Å². The smallest absolute Gasteiger partial charge is 0.211 e. The van der Waals surface area contributed by atoms with Crippen LogP contribution in [0.25, 0.3) is 0 Å². The van der Waals surface area contributed by atoms with Crippen molar-refractivity contribution in [3.8, 4) is 11.5 Å². The summed E-state index contributed by atoms with van der Waals surface area (Å²) in [7, 11) is -0.0971. The molecule has 1 rings (SSSR count). The number of methoxy groups -OCH3 is 2. The van der Waals surface area contributed by atoms with E-state index in [0.29, 0.717) is 11.5 Å². The first-order chi connectivity index (χ1) is 8.02. The highest BCUT2D eigenvalue weighted by molar-refractivity contribution is 7.89. The zero-order valence-electron chi connectivity index (χ0n) is 10.2. The van der Waals surface area contributed by atoms with Crippen LogP contribution in [0.15, 0.2) is 18.2 Å². The van der Waals surface area contributed by atoms with Crippen molar-refractivity contribution in [1.82, 2.24) is 4.72 Å². The van der Waals surface area contributed by atoms with Gasteiger partial charge in [0.25, 0.3) is 0 Å². The molecule has 0 unspecified atom stereocenters. The zero-order chi connectivity index (χ0) is 12.9. The van der Waals surface area contributed by atoms with Gasteiger partial charge in [-0.2, -0.15) is 0 Å². The van der Waals surface area contributed by atoms with Gasteiger partial charge in [-0.3, -0.25) is 0 Å². The van der Waals surface area contributed by atoms with Gasteiger partial charge in [-0.1, -0.05) is 6.07 Å². The molecule has 0 aliphatic heterocycles. The summed E-state index contributed by atoms with van der Waals surface area (Å²) in [6.07, 6.45) is 0. The van der Waals surface area contributed by atoms with E-state index < -0.39 is 10.0 Å². The fourth-order valence-corrected chi connectivity index (χ4v) is 1.87. The van der Waals surface area contributed by atoms with E-state index in [0.717, 1.165) is 5.56 Å². The minimum absolute atomic E-state index is 0.0610. The molecule has 0 amide bonds. The molecule has 0 saturated carbocycles. The summed E-state index contributed by atoms with van der Waals surface area (Å²) in [6.45, 7) is 1.80. The van der Waals surface area contributed by atoms with E-state index in [4.69, 9.17) is 9.47 Å². The van der Waals surface area contributed by atoms with E-state index >= 15 is 0 Å². The van der Waals surface area contributed by atoms with Crippen molar-refractivity contribution in [2.75, 3.05) is 20.0 Å². The molecule has 0 aromatic heterocycles. The van der Waals surface area contributed by atoms with Gasteiger partial charge in [-0.05, 0) is 13.0 Å². The molecule has 0 atom stereocenters. The van der Waals surface area contributed by atoms with Crippen molar-refractivity contribution in [3.63, 3.8) is 0 Å². The van der Waals surface area contributed by atoms with E-state index in [2.05, 4.69) is 4.72 Å². The predicted octanol–water partition coefficient (Wildman–Crippen LogP) is 1.14. The Labute approximate surface area is 102 Å². The van der Waals surface area contributed by atoms with E-state index in [1.54, 1.807) is 32.2 Å². The first-order valence-corrected chi connectivity index (χ1v) is 6.86. The monoisotopic (exact) mass is 259 g/mol. The zero-order valence-corrected chi connectivity index (χ0v) is 11.0. The highest BCUT2D eigenvalue weighted by Gasteiger charge is 2.09. The number of sulfonamides is 1. The molecular weight excluding hydrogens is 242 g/mol. The molecule has 0 aliphatic rings. The number of rotatable bonds is 6. The van der Waals surface area contributed by atoms with Gasteiger partial charge in [-0.15, -0.1) is 0 Å². The summed E-state index contributed by atoms with van der Waals surface area (Å²) < 4.78 is 35.4. The average molecular weight is 259 g/mol. The lowest BCUT2D eigenvalue weighted by Crippen LogP contribution is -2.24. The van der Waals surface area contributed by atoms with Gasteiger partial charge in [0.05, 0.1) is 20.0 Å². The van der Waals surface area contributed by atoms with Crippen molar-refractivity contribution < 1.29 is 17.9 Å². The Hall–Kier alpha value is -1.27.